The molecule has 126 valence electrons. The number of aliphatic carboxylic acids is 1. The number of amides is 1. The molecule has 2 unspecified atom stereocenters. The number of carbonyl (C=O) groups is 2. The minimum Gasteiger partial charge on any atom is -0.481 e. The zero-order valence-electron chi connectivity index (χ0n) is 13.3. The van der Waals surface area contributed by atoms with Gasteiger partial charge in [-0.1, -0.05) is 6.42 Å². The lowest BCUT2D eigenvalue weighted by molar-refractivity contribution is -0.143. The fourth-order valence-electron chi connectivity index (χ4n) is 3.42. The van der Waals surface area contributed by atoms with Crippen molar-refractivity contribution in [3.63, 3.8) is 0 Å². The van der Waals surface area contributed by atoms with Gasteiger partial charge in [0.1, 0.15) is 0 Å². The van der Waals surface area contributed by atoms with Crippen LogP contribution in [0.3, 0.4) is 0 Å². The van der Waals surface area contributed by atoms with Gasteiger partial charge in [-0.15, -0.1) is 11.3 Å². The Bertz CT molecular complexity index is 797. The predicted molar refractivity (Wildman–Crippen MR) is 93.3 cm³/mol. The molecular formula is C18H20N2O3S. The second kappa shape index (κ2) is 6.16. The highest BCUT2D eigenvalue weighted by molar-refractivity contribution is 7.18. The van der Waals surface area contributed by atoms with Crippen LogP contribution in [-0.4, -0.2) is 22.0 Å². The van der Waals surface area contributed by atoms with Crippen LogP contribution in [0.2, 0.25) is 0 Å². The van der Waals surface area contributed by atoms with Gasteiger partial charge in [0.05, 0.1) is 21.1 Å². The molecule has 5 nitrogen and oxygen atoms in total. The van der Waals surface area contributed by atoms with Gasteiger partial charge < -0.3 is 10.4 Å². The van der Waals surface area contributed by atoms with Crippen molar-refractivity contribution >= 4 is 39.1 Å². The zero-order valence-corrected chi connectivity index (χ0v) is 14.1. The maximum absolute atomic E-state index is 12.5. The Morgan fingerprint density at radius 3 is 2.71 bits per heavy atom. The second-order valence-electron chi connectivity index (χ2n) is 6.90. The Morgan fingerprint density at radius 2 is 1.96 bits per heavy atom. The number of carbonyl (C=O) groups excluding carboxylic acids is 1. The number of fused-ring (bicyclic) bond motifs is 1. The highest BCUT2D eigenvalue weighted by Gasteiger charge is 2.31. The average Bonchev–Trinajstić information content (AvgIpc) is 3.34. The van der Waals surface area contributed by atoms with E-state index in [1.807, 2.05) is 18.2 Å². The molecule has 6 heteroatoms. The normalized spacial score (nSPS) is 24.0. The van der Waals surface area contributed by atoms with Gasteiger partial charge in [0.15, 0.2) is 0 Å². The summed E-state index contributed by atoms with van der Waals surface area (Å²) in [5.41, 5.74) is 1.76. The van der Waals surface area contributed by atoms with Gasteiger partial charge in [0.25, 0.3) is 0 Å². The Morgan fingerprint density at radius 1 is 1.17 bits per heavy atom. The number of nitrogens with zero attached hydrogens (tertiary/aromatic N) is 1. The van der Waals surface area contributed by atoms with E-state index in [9.17, 15) is 9.59 Å². The monoisotopic (exact) mass is 344 g/mol. The maximum atomic E-state index is 12.5. The summed E-state index contributed by atoms with van der Waals surface area (Å²) >= 11 is 1.71. The lowest BCUT2D eigenvalue weighted by Gasteiger charge is -2.25. The summed E-state index contributed by atoms with van der Waals surface area (Å²) in [6.45, 7) is 0. The molecule has 2 N–H and O–H groups in total. The number of hydrogen-bond acceptors (Lipinski definition) is 4. The molecule has 1 aromatic heterocycles. The van der Waals surface area contributed by atoms with Gasteiger partial charge in [0, 0.05) is 17.5 Å². The molecule has 0 spiro atoms. The summed E-state index contributed by atoms with van der Waals surface area (Å²) in [5, 5.41) is 13.3. The minimum absolute atomic E-state index is 0.0627. The standard InChI is InChI=1S/C18H20N2O3S/c21-16(11-2-1-3-12(8-11)18(22)23)19-13-6-7-14-15(9-13)24-17(20-14)10-4-5-10/h6-7,9-12H,1-5,8H2,(H,19,21)(H,22,23). The van der Waals surface area contributed by atoms with Crippen molar-refractivity contribution in [1.29, 1.82) is 0 Å². The summed E-state index contributed by atoms with van der Waals surface area (Å²) in [4.78, 5) is 28.3. The molecule has 2 saturated carbocycles. The maximum Gasteiger partial charge on any atom is 0.306 e. The van der Waals surface area contributed by atoms with E-state index in [0.29, 0.717) is 18.8 Å². The first-order chi connectivity index (χ1) is 11.6. The third-order valence-corrected chi connectivity index (χ3v) is 6.17. The van der Waals surface area contributed by atoms with E-state index in [4.69, 9.17) is 5.11 Å². The van der Waals surface area contributed by atoms with Crippen LogP contribution < -0.4 is 5.32 Å². The minimum atomic E-state index is -0.786. The smallest absolute Gasteiger partial charge is 0.306 e. The molecule has 1 heterocycles. The van der Waals surface area contributed by atoms with Crippen LogP contribution in [0.4, 0.5) is 5.69 Å². The second-order valence-corrected chi connectivity index (χ2v) is 7.96. The van der Waals surface area contributed by atoms with E-state index in [0.717, 1.165) is 28.7 Å². The van der Waals surface area contributed by atoms with Crippen LogP contribution >= 0.6 is 11.3 Å². The first kappa shape index (κ1) is 15.6. The summed E-state index contributed by atoms with van der Waals surface area (Å²) in [6.07, 6.45) is 5.15. The van der Waals surface area contributed by atoms with Crippen molar-refractivity contribution in [2.45, 2.75) is 44.4 Å². The van der Waals surface area contributed by atoms with Crippen LogP contribution in [0.1, 0.15) is 49.5 Å². The quantitative estimate of drug-likeness (QED) is 0.878. The average molecular weight is 344 g/mol. The zero-order chi connectivity index (χ0) is 16.7. The number of benzene rings is 1. The lowest BCUT2D eigenvalue weighted by Crippen LogP contribution is -2.30. The first-order valence-corrected chi connectivity index (χ1v) is 9.36. The molecular weight excluding hydrogens is 324 g/mol. The first-order valence-electron chi connectivity index (χ1n) is 8.54. The molecule has 2 fully saturated rings. The Balaban J connectivity index is 1.46. The van der Waals surface area contributed by atoms with E-state index in [-0.39, 0.29) is 17.7 Å². The van der Waals surface area contributed by atoms with Crippen molar-refractivity contribution < 1.29 is 14.7 Å². The molecule has 2 atom stereocenters. The van der Waals surface area contributed by atoms with Crippen LogP contribution in [-0.2, 0) is 9.59 Å². The summed E-state index contributed by atoms with van der Waals surface area (Å²) in [7, 11) is 0. The van der Waals surface area contributed by atoms with E-state index in [1.165, 1.54) is 17.8 Å². The number of hydrogen-bond donors (Lipinski definition) is 2. The Hall–Kier alpha value is -1.95. The van der Waals surface area contributed by atoms with Crippen molar-refractivity contribution in [3.05, 3.63) is 23.2 Å². The summed E-state index contributed by atoms with van der Waals surface area (Å²) in [6, 6.07) is 5.82. The number of carboxylic acid groups (broad SMARTS) is 1. The fraction of sp³-hybridized carbons (Fsp3) is 0.500. The molecule has 4 rings (SSSR count). The van der Waals surface area contributed by atoms with Gasteiger partial charge in [-0.25, -0.2) is 4.98 Å². The van der Waals surface area contributed by atoms with Crippen LogP contribution in [0, 0.1) is 11.8 Å². The van der Waals surface area contributed by atoms with Gasteiger partial charge >= 0.3 is 5.97 Å². The molecule has 2 aromatic rings. The number of rotatable bonds is 4. The molecule has 0 radical (unpaired) electrons. The molecule has 0 saturated heterocycles. The number of carboxylic acids is 1. The third-order valence-electron chi connectivity index (χ3n) is 4.99. The molecule has 1 aromatic carbocycles. The number of nitrogens with one attached hydrogen (secondary N) is 1. The van der Waals surface area contributed by atoms with Gasteiger partial charge in [-0.3, -0.25) is 9.59 Å². The molecule has 24 heavy (non-hydrogen) atoms. The lowest BCUT2D eigenvalue weighted by atomic mass is 9.81. The van der Waals surface area contributed by atoms with E-state index >= 15 is 0 Å². The SMILES string of the molecule is O=C(O)C1CCCC(C(=O)Nc2ccc3nc(C4CC4)sc3c2)C1. The molecule has 2 aliphatic carbocycles. The molecule has 0 aliphatic heterocycles. The molecule has 2 aliphatic rings. The van der Waals surface area contributed by atoms with Gasteiger partial charge in [0.2, 0.25) is 5.91 Å². The summed E-state index contributed by atoms with van der Waals surface area (Å²) in [5.74, 6) is -0.812. The van der Waals surface area contributed by atoms with E-state index in [1.54, 1.807) is 11.3 Å². The number of anilines is 1. The largest absolute Gasteiger partial charge is 0.481 e. The highest BCUT2D eigenvalue weighted by Crippen LogP contribution is 2.43. The fourth-order valence-corrected chi connectivity index (χ4v) is 4.60. The van der Waals surface area contributed by atoms with Crippen molar-refractivity contribution in [3.8, 4) is 0 Å². The van der Waals surface area contributed by atoms with Gasteiger partial charge in [-0.05, 0) is 50.3 Å². The Labute approximate surface area is 144 Å². The van der Waals surface area contributed by atoms with Crippen molar-refractivity contribution in [2.24, 2.45) is 11.8 Å². The summed E-state index contributed by atoms with van der Waals surface area (Å²) < 4.78 is 1.10. The topological polar surface area (TPSA) is 79.3 Å². The van der Waals surface area contributed by atoms with Crippen LogP contribution in [0.15, 0.2) is 18.2 Å². The third kappa shape index (κ3) is 3.15. The molecule has 0 bridgehead atoms. The van der Waals surface area contributed by atoms with Crippen molar-refractivity contribution in [2.75, 3.05) is 5.32 Å². The van der Waals surface area contributed by atoms with Gasteiger partial charge in [-0.2, -0.15) is 0 Å². The van der Waals surface area contributed by atoms with Crippen molar-refractivity contribution in [1.82, 2.24) is 4.98 Å². The predicted octanol–water partition coefficient (Wildman–Crippen LogP) is 4.00. The van der Waals surface area contributed by atoms with E-state index in [2.05, 4.69) is 10.3 Å². The van der Waals surface area contributed by atoms with Crippen LogP contribution in [0.25, 0.3) is 10.2 Å². The number of thiazole rings is 1. The molecule has 1 amide bonds. The van der Waals surface area contributed by atoms with Crippen LogP contribution in [0.5, 0.6) is 0 Å². The number of aromatic nitrogens is 1. The van der Waals surface area contributed by atoms with E-state index < -0.39 is 5.97 Å². The Kier molecular flexibility index (Phi) is 4.00. The highest BCUT2D eigenvalue weighted by atomic mass is 32.1.